The molecule has 0 saturated carbocycles. The predicted octanol–water partition coefficient (Wildman–Crippen LogP) is 8.11. The summed E-state index contributed by atoms with van der Waals surface area (Å²) >= 11 is 0. The molecule has 0 aliphatic carbocycles. The van der Waals surface area contributed by atoms with Gasteiger partial charge in [0.05, 0.1) is 92.5 Å². The van der Waals surface area contributed by atoms with Crippen molar-refractivity contribution in [2.45, 2.75) is 200 Å². The van der Waals surface area contributed by atoms with E-state index in [-0.39, 0.29) is 62.7 Å². The molecule has 434 valence electrons. The summed E-state index contributed by atoms with van der Waals surface area (Å²) in [5.41, 5.74) is -1.13. The number of aliphatic carboxylic acids is 1. The quantitative estimate of drug-likeness (QED) is 0.0432. The van der Waals surface area contributed by atoms with E-state index >= 15 is 0 Å². The molecule has 0 heterocycles. The number of rotatable bonds is 55. The first-order chi connectivity index (χ1) is 35.5. The molecule has 0 fully saturated rings. The van der Waals surface area contributed by atoms with E-state index in [2.05, 4.69) is 5.32 Å². The van der Waals surface area contributed by atoms with Crippen LogP contribution in [0.4, 0.5) is 0 Å². The Labute approximate surface area is 444 Å². The van der Waals surface area contributed by atoms with Crippen LogP contribution in [-0.2, 0) is 80.9 Å². The number of ether oxygens (including phenoxy) is 11. The number of carbonyl (C=O) groups is 6. The van der Waals surface area contributed by atoms with E-state index < -0.39 is 29.2 Å². The fourth-order valence-corrected chi connectivity index (χ4v) is 7.09. The lowest BCUT2D eigenvalue weighted by Crippen LogP contribution is -2.44. The Hall–Kier alpha value is -3.14. The maximum atomic E-state index is 13.0. The maximum absolute atomic E-state index is 13.0. The Kier molecular flexibility index (Phi) is 47.3. The van der Waals surface area contributed by atoms with E-state index in [1.165, 1.54) is 51.4 Å². The van der Waals surface area contributed by atoms with Crippen LogP contribution in [0.2, 0.25) is 0 Å². The summed E-state index contributed by atoms with van der Waals surface area (Å²) in [7, 11) is 0. The van der Waals surface area contributed by atoms with E-state index in [0.29, 0.717) is 131 Å². The number of Topliss-reactive ketones (excluding diaryl/α,β-unsaturated/α-hetero) is 2. The van der Waals surface area contributed by atoms with Crippen LogP contribution in [0, 0.1) is 0 Å². The molecule has 0 spiro atoms. The number of amides is 1. The van der Waals surface area contributed by atoms with Crippen molar-refractivity contribution in [1.82, 2.24) is 5.32 Å². The van der Waals surface area contributed by atoms with Crippen molar-refractivity contribution < 1.29 is 86.0 Å². The summed E-state index contributed by atoms with van der Waals surface area (Å²) < 4.78 is 59.3. The minimum Gasteiger partial charge on any atom is -0.480 e. The van der Waals surface area contributed by atoms with Gasteiger partial charge in [-0.15, -0.1) is 0 Å². The molecule has 2 N–H and O–H groups in total. The van der Waals surface area contributed by atoms with Gasteiger partial charge >= 0.3 is 17.9 Å². The lowest BCUT2D eigenvalue weighted by Gasteiger charge is -2.24. The summed E-state index contributed by atoms with van der Waals surface area (Å²) in [4.78, 5) is 72.7. The fourth-order valence-electron chi connectivity index (χ4n) is 7.09. The number of esters is 2. The molecule has 0 aliphatic rings. The van der Waals surface area contributed by atoms with Crippen molar-refractivity contribution in [1.29, 1.82) is 0 Å². The molecule has 0 bridgehead atoms. The molecule has 0 saturated heterocycles. The summed E-state index contributed by atoms with van der Waals surface area (Å²) in [5.74, 6) is -1.87. The van der Waals surface area contributed by atoms with Crippen LogP contribution < -0.4 is 5.32 Å². The van der Waals surface area contributed by atoms with Gasteiger partial charge in [-0.2, -0.15) is 0 Å². The van der Waals surface area contributed by atoms with E-state index in [4.69, 9.17) is 57.2 Å². The van der Waals surface area contributed by atoms with Gasteiger partial charge in [-0.05, 0) is 73.6 Å². The normalized spacial score (nSPS) is 12.2. The Morgan fingerprint density at radius 3 is 1.09 bits per heavy atom. The number of ketones is 2. The van der Waals surface area contributed by atoms with Crippen LogP contribution in [0.1, 0.15) is 183 Å². The highest BCUT2D eigenvalue weighted by Gasteiger charge is 2.27. The molecule has 19 heteroatoms. The van der Waals surface area contributed by atoms with Gasteiger partial charge in [-0.25, -0.2) is 9.59 Å². The highest BCUT2D eigenvalue weighted by Crippen LogP contribution is 2.16. The second-order valence-electron chi connectivity index (χ2n) is 20.3. The van der Waals surface area contributed by atoms with Crippen LogP contribution in [0.25, 0.3) is 0 Å². The van der Waals surface area contributed by atoms with Gasteiger partial charge in [0.15, 0.2) is 5.78 Å². The van der Waals surface area contributed by atoms with Gasteiger partial charge in [0.2, 0.25) is 5.91 Å². The Morgan fingerprint density at radius 2 is 0.703 bits per heavy atom. The van der Waals surface area contributed by atoms with Crippen molar-refractivity contribution in [3.05, 3.63) is 0 Å². The van der Waals surface area contributed by atoms with Crippen molar-refractivity contribution in [3.63, 3.8) is 0 Å². The molecule has 0 aliphatic heterocycles. The Bertz CT molecular complexity index is 1400. The highest BCUT2D eigenvalue weighted by atomic mass is 16.6. The van der Waals surface area contributed by atoms with E-state index in [1.54, 1.807) is 20.8 Å². The lowest BCUT2D eigenvalue weighted by atomic mass is 10.0. The minimum atomic E-state index is -1.01. The van der Waals surface area contributed by atoms with Crippen LogP contribution in [0.5, 0.6) is 0 Å². The third-order valence-corrected chi connectivity index (χ3v) is 10.8. The Morgan fingerprint density at radius 1 is 0.365 bits per heavy atom. The molecular weight excluding hydrogens is 963 g/mol. The average molecular weight is 1060 g/mol. The number of carboxylic acid groups (broad SMARTS) is 1. The second-order valence-corrected chi connectivity index (χ2v) is 20.3. The molecule has 0 aromatic rings. The molecule has 0 aromatic heterocycles. The van der Waals surface area contributed by atoms with Crippen LogP contribution in [0.15, 0.2) is 0 Å². The fraction of sp³-hybridized carbons (Fsp3) is 0.891. The van der Waals surface area contributed by atoms with Crippen LogP contribution >= 0.6 is 0 Å². The first-order valence-electron chi connectivity index (χ1n) is 27.7. The molecule has 0 radical (unpaired) electrons. The van der Waals surface area contributed by atoms with Crippen molar-refractivity contribution >= 4 is 35.4 Å². The molecule has 0 aromatic carbocycles. The topological polar surface area (TPSA) is 236 Å². The smallest absolute Gasteiger partial charge is 0.329 e. The largest absolute Gasteiger partial charge is 0.480 e. The standard InChI is InChI=1S/C55H101NO18/c1-54(2,3)73-52(62)26-20-18-16-14-12-10-8-7-9-11-13-15-17-19-25-50(59)56-49(53(63)74-55(4,5)6)28-27-47(57)23-21-29-64-32-34-69-41-43-71-45-48(58)24-22-30-65-31-33-66-35-36-67-37-38-68-39-40-70-42-44-72-46-51(60)61/h49H,7-46H2,1-6H3,(H,56,59)(H,60,61). The lowest BCUT2D eigenvalue weighted by molar-refractivity contribution is -0.159. The van der Waals surface area contributed by atoms with Crippen molar-refractivity contribution in [3.8, 4) is 0 Å². The minimum absolute atomic E-state index is 0.0106. The monoisotopic (exact) mass is 1060 g/mol. The van der Waals surface area contributed by atoms with E-state index in [9.17, 15) is 28.8 Å². The second kappa shape index (κ2) is 49.4. The van der Waals surface area contributed by atoms with Crippen LogP contribution in [0.3, 0.4) is 0 Å². The van der Waals surface area contributed by atoms with Gasteiger partial charge < -0.3 is 62.5 Å². The first-order valence-corrected chi connectivity index (χ1v) is 27.7. The van der Waals surface area contributed by atoms with Crippen LogP contribution in [-0.4, -0.2) is 177 Å². The molecule has 1 amide bonds. The zero-order valence-corrected chi connectivity index (χ0v) is 46.7. The summed E-state index contributed by atoms with van der Waals surface area (Å²) in [5, 5.41) is 11.3. The van der Waals surface area contributed by atoms with Crippen molar-refractivity contribution in [2.24, 2.45) is 0 Å². The molecule has 1 unspecified atom stereocenters. The molecule has 0 rings (SSSR count). The number of unbranched alkanes of at least 4 members (excludes halogenated alkanes) is 13. The molecule has 74 heavy (non-hydrogen) atoms. The predicted molar refractivity (Wildman–Crippen MR) is 280 cm³/mol. The van der Waals surface area contributed by atoms with Gasteiger partial charge in [0.1, 0.15) is 36.2 Å². The van der Waals surface area contributed by atoms with Gasteiger partial charge in [-0.1, -0.05) is 77.0 Å². The SMILES string of the molecule is CC(C)(C)OC(=O)CCCCCCCCCCCCCCCCC(=O)NC(CCC(=O)CCCOCCOCCOCC(=O)CCCOCCOCCOCCOCCOCCOCC(=O)O)C(=O)OC(C)(C)C. The summed E-state index contributed by atoms with van der Waals surface area (Å²) in [6, 6.07) is -0.882. The average Bonchev–Trinajstić information content (AvgIpc) is 3.32. The summed E-state index contributed by atoms with van der Waals surface area (Å²) in [6.45, 7) is 16.7. The number of carbonyl (C=O) groups excluding carboxylic acids is 5. The summed E-state index contributed by atoms with van der Waals surface area (Å²) in [6.07, 6.45) is 18.7. The Balaban J connectivity index is 3.79. The van der Waals surface area contributed by atoms with Gasteiger partial charge in [0.25, 0.3) is 0 Å². The molecular formula is C55H101NO18. The number of carboxylic acids is 1. The zero-order chi connectivity index (χ0) is 54.8. The molecule has 1 atom stereocenters. The van der Waals surface area contributed by atoms with Gasteiger partial charge in [0, 0.05) is 45.3 Å². The zero-order valence-electron chi connectivity index (χ0n) is 46.7. The first kappa shape index (κ1) is 70.9. The van der Waals surface area contributed by atoms with Gasteiger partial charge in [-0.3, -0.25) is 19.2 Å². The number of hydrogen-bond acceptors (Lipinski definition) is 17. The van der Waals surface area contributed by atoms with E-state index in [1.807, 2.05) is 20.8 Å². The highest BCUT2D eigenvalue weighted by molar-refractivity contribution is 5.85. The third-order valence-electron chi connectivity index (χ3n) is 10.8. The molecule has 19 nitrogen and oxygen atoms in total. The third kappa shape index (κ3) is 55.1. The number of hydrogen-bond donors (Lipinski definition) is 2. The van der Waals surface area contributed by atoms with E-state index in [0.717, 1.165) is 38.5 Å². The maximum Gasteiger partial charge on any atom is 0.329 e. The number of nitrogens with one attached hydrogen (secondary N) is 1. The van der Waals surface area contributed by atoms with Crippen molar-refractivity contribution in [2.75, 3.05) is 119 Å².